The lowest BCUT2D eigenvalue weighted by Gasteiger charge is -2.38. The smallest absolute Gasteiger partial charge is 0.374 e. The van der Waals surface area contributed by atoms with E-state index in [-0.39, 0.29) is 5.37 Å². The summed E-state index contributed by atoms with van der Waals surface area (Å²) in [4.78, 5) is 3.70. The highest BCUT2D eigenvalue weighted by atomic mass is 32.2. The Labute approximate surface area is 224 Å². The average molecular weight is 510 g/mol. The highest BCUT2D eigenvalue weighted by Gasteiger charge is 2.69. The van der Waals surface area contributed by atoms with E-state index in [0.29, 0.717) is 0 Å². The first kappa shape index (κ1) is 20.6. The van der Waals surface area contributed by atoms with Crippen LogP contribution in [0.5, 0.6) is 23.1 Å². The first-order valence-electron chi connectivity index (χ1n) is 12.8. The predicted octanol–water partition coefficient (Wildman–Crippen LogP) is 7.54. The fraction of sp³-hybridized carbons (Fsp3) is 0.0606. The van der Waals surface area contributed by atoms with Crippen LogP contribution in [-0.2, 0) is 5.54 Å². The van der Waals surface area contributed by atoms with Crippen LogP contribution in [-0.4, -0.2) is 5.37 Å². The molecule has 180 valence electrons. The Bertz CT molecular complexity index is 1800. The van der Waals surface area contributed by atoms with Gasteiger partial charge < -0.3 is 14.4 Å². The number of ether oxygens (including phenoxy) is 2. The summed E-state index contributed by atoms with van der Waals surface area (Å²) in [5.74, 6) is 3.46. The monoisotopic (exact) mass is 509 g/mol. The van der Waals surface area contributed by atoms with E-state index in [1.54, 1.807) is 0 Å². The van der Waals surface area contributed by atoms with Crippen molar-refractivity contribution in [2.24, 2.45) is 0 Å². The Morgan fingerprint density at radius 1 is 0.632 bits per heavy atom. The topological polar surface area (TPSA) is 25.6 Å². The van der Waals surface area contributed by atoms with Gasteiger partial charge in [-0.25, -0.2) is 0 Å². The molecule has 4 aliphatic heterocycles. The normalized spacial score (nSPS) is 20.9. The van der Waals surface area contributed by atoms with Gasteiger partial charge >= 0.3 is 5.88 Å². The van der Waals surface area contributed by atoms with Crippen molar-refractivity contribution >= 4 is 22.4 Å². The summed E-state index contributed by atoms with van der Waals surface area (Å²) in [7, 11) is 0. The van der Waals surface area contributed by atoms with Crippen LogP contribution in [0, 0.1) is 0 Å². The van der Waals surface area contributed by atoms with Gasteiger partial charge in [0.1, 0.15) is 22.8 Å². The zero-order valence-electron chi connectivity index (χ0n) is 20.2. The summed E-state index contributed by atoms with van der Waals surface area (Å²) in [6.07, 6.45) is 4.47. The molecule has 0 bridgehead atoms. The van der Waals surface area contributed by atoms with Crippen molar-refractivity contribution in [2.45, 2.75) is 10.9 Å². The number of hydrogen-bond acceptors (Lipinski definition) is 4. The highest BCUT2D eigenvalue weighted by Crippen LogP contribution is 2.66. The molecule has 4 nitrogen and oxygen atoms in total. The van der Waals surface area contributed by atoms with E-state index in [9.17, 15) is 0 Å². The van der Waals surface area contributed by atoms with Crippen molar-refractivity contribution in [2.75, 3.05) is 4.90 Å². The van der Waals surface area contributed by atoms with Crippen molar-refractivity contribution in [3.05, 3.63) is 138 Å². The van der Waals surface area contributed by atoms with Gasteiger partial charge in [-0.15, -0.1) is 4.57 Å². The summed E-state index contributed by atoms with van der Waals surface area (Å²) < 4.78 is 15.3. The largest absolute Gasteiger partial charge is 0.456 e. The second kappa shape index (κ2) is 7.30. The van der Waals surface area contributed by atoms with Gasteiger partial charge in [0.2, 0.25) is 0 Å². The van der Waals surface area contributed by atoms with Gasteiger partial charge in [-0.3, -0.25) is 0 Å². The van der Waals surface area contributed by atoms with Gasteiger partial charge in [0.25, 0.3) is 5.54 Å². The summed E-state index contributed by atoms with van der Waals surface area (Å²) in [5, 5.41) is 0.0706. The number of rotatable bonds is 2. The minimum atomic E-state index is -0.488. The second-order valence-electron chi connectivity index (χ2n) is 9.97. The fourth-order valence-corrected chi connectivity index (χ4v) is 8.00. The van der Waals surface area contributed by atoms with Crippen molar-refractivity contribution < 1.29 is 14.0 Å². The molecule has 4 aliphatic rings. The molecule has 5 aromatic rings. The third kappa shape index (κ3) is 2.49. The van der Waals surface area contributed by atoms with Crippen LogP contribution in [0.1, 0.15) is 16.7 Å². The van der Waals surface area contributed by atoms with E-state index >= 15 is 0 Å². The number of aromatic nitrogens is 1. The Morgan fingerprint density at radius 3 is 2.16 bits per heavy atom. The van der Waals surface area contributed by atoms with Gasteiger partial charge in [-0.05, 0) is 47.0 Å². The molecule has 0 amide bonds. The van der Waals surface area contributed by atoms with Crippen LogP contribution in [0.25, 0.3) is 16.0 Å². The summed E-state index contributed by atoms with van der Waals surface area (Å²) in [5.41, 5.74) is 6.67. The van der Waals surface area contributed by atoms with Gasteiger partial charge in [-0.2, -0.15) is 0 Å². The first-order valence-corrected chi connectivity index (χ1v) is 13.7. The number of thioether (sulfide) groups is 1. The summed E-state index contributed by atoms with van der Waals surface area (Å²) in [6.45, 7) is 0. The van der Waals surface area contributed by atoms with Crippen LogP contribution >= 0.6 is 11.8 Å². The molecule has 0 radical (unpaired) electrons. The van der Waals surface area contributed by atoms with E-state index in [2.05, 4.69) is 119 Å². The maximum atomic E-state index is 6.51. The van der Waals surface area contributed by atoms with Gasteiger partial charge in [0.05, 0.1) is 17.3 Å². The number of pyridine rings is 1. The van der Waals surface area contributed by atoms with E-state index in [0.717, 1.165) is 28.7 Å². The number of nitrogens with zero attached hydrogens (tertiary/aromatic N) is 2. The van der Waals surface area contributed by atoms with Crippen molar-refractivity contribution in [3.63, 3.8) is 0 Å². The molecule has 38 heavy (non-hydrogen) atoms. The molecule has 5 heteroatoms. The standard InChI is InChI=1S/C33H21N2O2S/c1-2-8-21(9-3-1)22-15-17-23(18-16-22)28-20-34-24-10-6-11-25-30(24)33(32(34)38-28)31-26(36-25)12-7-13-27(31)37-29-14-4-5-19-35(29)33/h1-20,32H/q+1. The average Bonchev–Trinajstić information content (AvgIpc) is 3.53. The molecule has 1 aromatic heterocycles. The maximum absolute atomic E-state index is 6.51. The fourth-order valence-electron chi connectivity index (χ4n) is 6.51. The Morgan fingerprint density at radius 2 is 1.32 bits per heavy atom. The van der Waals surface area contributed by atoms with E-state index in [4.69, 9.17) is 9.47 Å². The Hall–Kier alpha value is -4.48. The molecular weight excluding hydrogens is 488 g/mol. The molecule has 2 unspecified atom stereocenters. The van der Waals surface area contributed by atoms with Crippen molar-refractivity contribution in [1.82, 2.24) is 0 Å². The van der Waals surface area contributed by atoms with E-state index < -0.39 is 5.54 Å². The lowest BCUT2D eigenvalue weighted by Crippen LogP contribution is -2.65. The molecule has 0 saturated carbocycles. The van der Waals surface area contributed by atoms with Gasteiger partial charge in [0, 0.05) is 17.2 Å². The molecule has 9 rings (SSSR count). The van der Waals surface area contributed by atoms with Crippen LogP contribution < -0.4 is 18.9 Å². The lowest BCUT2D eigenvalue weighted by molar-refractivity contribution is -0.749. The number of anilines is 1. The molecule has 2 atom stereocenters. The maximum Gasteiger partial charge on any atom is 0.374 e. The van der Waals surface area contributed by atoms with Crippen LogP contribution in [0.3, 0.4) is 0 Å². The molecule has 5 heterocycles. The van der Waals surface area contributed by atoms with Crippen LogP contribution in [0.2, 0.25) is 0 Å². The molecule has 0 fully saturated rings. The van der Waals surface area contributed by atoms with Crippen molar-refractivity contribution in [1.29, 1.82) is 0 Å². The molecule has 0 saturated heterocycles. The Balaban J connectivity index is 1.24. The molecular formula is C33H21N2O2S+. The zero-order chi connectivity index (χ0) is 24.8. The van der Waals surface area contributed by atoms with Crippen LogP contribution in [0.4, 0.5) is 5.69 Å². The van der Waals surface area contributed by atoms with Crippen molar-refractivity contribution in [3.8, 4) is 34.3 Å². The molecule has 1 spiro atoms. The number of benzene rings is 4. The number of hydrogen-bond donors (Lipinski definition) is 0. The van der Waals surface area contributed by atoms with E-state index in [1.807, 2.05) is 23.9 Å². The summed E-state index contributed by atoms with van der Waals surface area (Å²) >= 11 is 1.92. The van der Waals surface area contributed by atoms with E-state index in [1.165, 1.54) is 32.8 Å². The SMILES string of the molecule is C1=C(c2ccc(-c3ccccc3)cc2)SC2N1c1cccc3c1C21c2c(cccc2Oc2cccc[n+]21)O3. The van der Waals surface area contributed by atoms with Crippen LogP contribution in [0.15, 0.2) is 122 Å². The molecule has 4 aromatic carbocycles. The highest BCUT2D eigenvalue weighted by molar-refractivity contribution is 8.09. The minimum absolute atomic E-state index is 0.0706. The second-order valence-corrected chi connectivity index (χ2v) is 11.1. The van der Waals surface area contributed by atoms with Gasteiger partial charge in [-0.1, -0.05) is 78.5 Å². The molecule has 0 aliphatic carbocycles. The quantitative estimate of drug-likeness (QED) is 0.230. The third-order valence-electron chi connectivity index (χ3n) is 8.05. The van der Waals surface area contributed by atoms with Gasteiger partial charge in [0.15, 0.2) is 11.6 Å². The molecule has 0 N–H and O–H groups in total. The number of fused-ring (bicyclic) bond motifs is 3. The minimum Gasteiger partial charge on any atom is -0.456 e. The first-order chi connectivity index (χ1) is 18.8. The third-order valence-corrected chi connectivity index (χ3v) is 9.44. The lowest BCUT2D eigenvalue weighted by atomic mass is 9.79. The summed E-state index contributed by atoms with van der Waals surface area (Å²) in [6, 6.07) is 38.2. The zero-order valence-corrected chi connectivity index (χ0v) is 21.1. The predicted molar refractivity (Wildman–Crippen MR) is 150 cm³/mol. The Kier molecular flexibility index (Phi) is 3.95.